The number of para-hydroxylation sites is 1. The molecule has 0 amide bonds. The van der Waals surface area contributed by atoms with Crippen LogP contribution in [0.4, 0.5) is 0 Å². The van der Waals surface area contributed by atoms with Crippen LogP contribution in [0.25, 0.3) is 0 Å². The molecule has 0 saturated carbocycles. The minimum Gasteiger partial charge on any atom is -0.482 e. The molecule has 118 valence electrons. The van der Waals surface area contributed by atoms with Crippen LogP contribution in [0.5, 0.6) is 5.75 Å². The Morgan fingerprint density at radius 2 is 2.00 bits per heavy atom. The lowest BCUT2D eigenvalue weighted by atomic mass is 10.2. The van der Waals surface area contributed by atoms with Gasteiger partial charge in [-0.2, -0.15) is 0 Å². The molecule has 0 atom stereocenters. The molecule has 1 rings (SSSR count). The molecule has 1 aromatic rings. The Kier molecular flexibility index (Phi) is 8.47. The molecule has 5 nitrogen and oxygen atoms in total. The number of benzene rings is 1. The summed E-state index contributed by atoms with van der Waals surface area (Å²) in [6.45, 7) is 8.93. The summed E-state index contributed by atoms with van der Waals surface area (Å²) in [6.07, 6.45) is 1.10. The molecule has 1 aromatic carbocycles. The first kappa shape index (κ1) is 17.5. The third-order valence-electron chi connectivity index (χ3n) is 3.36. The van der Waals surface area contributed by atoms with Gasteiger partial charge in [0.25, 0.3) is 0 Å². The molecule has 0 saturated heterocycles. The van der Waals surface area contributed by atoms with Gasteiger partial charge in [0.05, 0.1) is 0 Å². The summed E-state index contributed by atoms with van der Waals surface area (Å²) >= 11 is 0. The predicted octanol–water partition coefficient (Wildman–Crippen LogP) is 1.97. The van der Waals surface area contributed by atoms with Crippen LogP contribution < -0.4 is 10.1 Å². The second-order valence-corrected chi connectivity index (χ2v) is 4.85. The Morgan fingerprint density at radius 1 is 1.29 bits per heavy atom. The van der Waals surface area contributed by atoms with E-state index in [-0.39, 0.29) is 6.61 Å². The minimum absolute atomic E-state index is 0.307. The zero-order valence-electron chi connectivity index (χ0n) is 13.0. The molecule has 0 heterocycles. The van der Waals surface area contributed by atoms with E-state index >= 15 is 0 Å². The van der Waals surface area contributed by atoms with Crippen molar-refractivity contribution in [1.29, 1.82) is 0 Å². The number of hydrogen-bond acceptors (Lipinski definition) is 4. The Labute approximate surface area is 126 Å². The number of nitrogens with one attached hydrogen (secondary N) is 1. The average molecular weight is 294 g/mol. The second-order valence-electron chi connectivity index (χ2n) is 4.85. The molecule has 0 radical (unpaired) electrons. The highest BCUT2D eigenvalue weighted by Crippen LogP contribution is 2.17. The number of ether oxygens (including phenoxy) is 1. The SMILES string of the molecule is CCN(CC)CCCNCc1ccccc1OCC(=O)O. The highest BCUT2D eigenvalue weighted by Gasteiger charge is 2.05. The van der Waals surface area contributed by atoms with Gasteiger partial charge in [0, 0.05) is 12.1 Å². The Morgan fingerprint density at radius 3 is 2.67 bits per heavy atom. The third-order valence-corrected chi connectivity index (χ3v) is 3.36. The molecule has 0 unspecified atom stereocenters. The molecular weight excluding hydrogens is 268 g/mol. The van der Waals surface area contributed by atoms with Gasteiger partial charge in [-0.15, -0.1) is 0 Å². The van der Waals surface area contributed by atoms with Gasteiger partial charge in [-0.25, -0.2) is 4.79 Å². The van der Waals surface area contributed by atoms with E-state index in [0.29, 0.717) is 12.3 Å². The molecule has 21 heavy (non-hydrogen) atoms. The summed E-state index contributed by atoms with van der Waals surface area (Å²) in [7, 11) is 0. The van der Waals surface area contributed by atoms with Crippen LogP contribution in [0.15, 0.2) is 24.3 Å². The van der Waals surface area contributed by atoms with E-state index in [1.54, 1.807) is 6.07 Å². The number of aliphatic carboxylic acids is 1. The summed E-state index contributed by atoms with van der Waals surface area (Å²) in [6, 6.07) is 7.53. The van der Waals surface area contributed by atoms with Gasteiger partial charge < -0.3 is 20.1 Å². The van der Waals surface area contributed by atoms with Crippen LogP contribution in [0, 0.1) is 0 Å². The van der Waals surface area contributed by atoms with Crippen molar-refractivity contribution < 1.29 is 14.6 Å². The topological polar surface area (TPSA) is 61.8 Å². The van der Waals surface area contributed by atoms with Gasteiger partial charge >= 0.3 is 5.97 Å². The average Bonchev–Trinajstić information content (AvgIpc) is 2.49. The van der Waals surface area contributed by atoms with Crippen LogP contribution in [0.2, 0.25) is 0 Å². The summed E-state index contributed by atoms with van der Waals surface area (Å²) in [5.74, 6) is -0.326. The lowest BCUT2D eigenvalue weighted by Gasteiger charge is -2.18. The Balaban J connectivity index is 2.32. The maximum atomic E-state index is 10.6. The van der Waals surface area contributed by atoms with E-state index in [9.17, 15) is 4.79 Å². The van der Waals surface area contributed by atoms with Crippen molar-refractivity contribution in [2.75, 3.05) is 32.8 Å². The van der Waals surface area contributed by atoms with Crippen LogP contribution in [-0.4, -0.2) is 48.8 Å². The van der Waals surface area contributed by atoms with Crippen molar-refractivity contribution in [1.82, 2.24) is 10.2 Å². The van der Waals surface area contributed by atoms with Gasteiger partial charge in [0.2, 0.25) is 0 Å². The maximum absolute atomic E-state index is 10.6. The van der Waals surface area contributed by atoms with Crippen molar-refractivity contribution in [2.45, 2.75) is 26.8 Å². The molecule has 0 aliphatic heterocycles. The Bertz CT molecular complexity index is 420. The quantitative estimate of drug-likeness (QED) is 0.611. The first-order chi connectivity index (χ1) is 10.2. The van der Waals surface area contributed by atoms with Gasteiger partial charge in [-0.05, 0) is 38.7 Å². The van der Waals surface area contributed by atoms with E-state index < -0.39 is 5.97 Å². The fourth-order valence-corrected chi connectivity index (χ4v) is 2.12. The van der Waals surface area contributed by atoms with Crippen LogP contribution >= 0.6 is 0 Å². The summed E-state index contributed by atoms with van der Waals surface area (Å²) < 4.78 is 5.28. The highest BCUT2D eigenvalue weighted by atomic mass is 16.5. The molecule has 5 heteroatoms. The largest absolute Gasteiger partial charge is 0.482 e. The fraction of sp³-hybridized carbons (Fsp3) is 0.562. The lowest BCUT2D eigenvalue weighted by molar-refractivity contribution is -0.139. The molecular formula is C16H26N2O3. The van der Waals surface area contributed by atoms with E-state index in [2.05, 4.69) is 24.1 Å². The molecule has 0 fully saturated rings. The Hall–Kier alpha value is -1.59. The fourth-order valence-electron chi connectivity index (χ4n) is 2.12. The molecule has 0 aliphatic rings. The van der Waals surface area contributed by atoms with Crippen molar-refractivity contribution >= 4 is 5.97 Å². The van der Waals surface area contributed by atoms with Crippen molar-refractivity contribution in [3.8, 4) is 5.75 Å². The number of nitrogens with zero attached hydrogens (tertiary/aromatic N) is 1. The van der Waals surface area contributed by atoms with Gasteiger partial charge in [-0.3, -0.25) is 0 Å². The van der Waals surface area contributed by atoms with Crippen LogP contribution in [0.3, 0.4) is 0 Å². The van der Waals surface area contributed by atoms with E-state index in [0.717, 1.165) is 38.2 Å². The first-order valence-electron chi connectivity index (χ1n) is 7.52. The number of rotatable bonds is 11. The van der Waals surface area contributed by atoms with Crippen molar-refractivity contribution in [3.05, 3.63) is 29.8 Å². The van der Waals surface area contributed by atoms with Crippen LogP contribution in [-0.2, 0) is 11.3 Å². The second kappa shape index (κ2) is 10.2. The molecule has 0 bridgehead atoms. The van der Waals surface area contributed by atoms with Crippen LogP contribution in [0.1, 0.15) is 25.8 Å². The predicted molar refractivity (Wildman–Crippen MR) is 83.7 cm³/mol. The van der Waals surface area contributed by atoms with Crippen molar-refractivity contribution in [2.24, 2.45) is 0 Å². The van der Waals surface area contributed by atoms with Gasteiger partial charge in [0.1, 0.15) is 5.75 Å². The molecule has 2 N–H and O–H groups in total. The van der Waals surface area contributed by atoms with E-state index in [1.165, 1.54) is 0 Å². The number of carbonyl (C=O) groups is 1. The normalized spacial score (nSPS) is 10.8. The zero-order valence-corrected chi connectivity index (χ0v) is 13.0. The van der Waals surface area contributed by atoms with Crippen molar-refractivity contribution in [3.63, 3.8) is 0 Å². The smallest absolute Gasteiger partial charge is 0.341 e. The molecule has 0 spiro atoms. The molecule has 0 aliphatic carbocycles. The number of carboxylic acids is 1. The number of carboxylic acid groups (broad SMARTS) is 1. The number of hydrogen-bond donors (Lipinski definition) is 2. The molecule has 0 aromatic heterocycles. The minimum atomic E-state index is -0.961. The maximum Gasteiger partial charge on any atom is 0.341 e. The monoisotopic (exact) mass is 294 g/mol. The van der Waals surface area contributed by atoms with E-state index in [4.69, 9.17) is 9.84 Å². The summed E-state index contributed by atoms with van der Waals surface area (Å²) in [5, 5.41) is 12.0. The van der Waals surface area contributed by atoms with Gasteiger partial charge in [-0.1, -0.05) is 32.0 Å². The zero-order chi connectivity index (χ0) is 15.5. The summed E-state index contributed by atoms with van der Waals surface area (Å²) in [5.41, 5.74) is 0.988. The lowest BCUT2D eigenvalue weighted by Crippen LogP contribution is -2.27. The summed E-state index contributed by atoms with van der Waals surface area (Å²) in [4.78, 5) is 13.0. The standard InChI is InChI=1S/C16H26N2O3/c1-3-18(4-2)11-7-10-17-12-14-8-5-6-9-15(14)21-13-16(19)20/h5-6,8-9,17H,3-4,7,10-13H2,1-2H3,(H,19,20). The third kappa shape index (κ3) is 7.11. The van der Waals surface area contributed by atoms with Gasteiger partial charge in [0.15, 0.2) is 6.61 Å². The first-order valence-corrected chi connectivity index (χ1v) is 7.52. The van der Waals surface area contributed by atoms with E-state index in [1.807, 2.05) is 18.2 Å². The highest BCUT2D eigenvalue weighted by molar-refractivity contribution is 5.68.